The van der Waals surface area contributed by atoms with Crippen LogP contribution in [0.4, 0.5) is 0 Å². The van der Waals surface area contributed by atoms with E-state index in [1.54, 1.807) is 0 Å². The third-order valence-electron chi connectivity index (χ3n) is 2.02. The van der Waals surface area contributed by atoms with E-state index in [2.05, 4.69) is 51.5 Å². The lowest BCUT2D eigenvalue weighted by molar-refractivity contribution is 0.775. The van der Waals surface area contributed by atoms with E-state index < -0.39 is 0 Å². The summed E-state index contributed by atoms with van der Waals surface area (Å²) < 4.78 is 0. The molecule has 0 aliphatic rings. The Kier molecular flexibility index (Phi) is 4.01. The Morgan fingerprint density at radius 2 is 2.08 bits per heavy atom. The van der Waals surface area contributed by atoms with Gasteiger partial charge in [-0.3, -0.25) is 0 Å². The fourth-order valence-corrected chi connectivity index (χ4v) is 1.53. The van der Waals surface area contributed by atoms with Crippen molar-refractivity contribution in [3.05, 3.63) is 41.8 Å². The Morgan fingerprint density at radius 1 is 1.31 bits per heavy atom. The van der Waals surface area contributed by atoms with Gasteiger partial charge in [-0.25, -0.2) is 0 Å². The van der Waals surface area contributed by atoms with E-state index in [-0.39, 0.29) is 0 Å². The van der Waals surface area contributed by atoms with Crippen molar-refractivity contribution in [3.8, 4) is 0 Å². The van der Waals surface area contributed by atoms with Crippen molar-refractivity contribution in [1.82, 2.24) is 0 Å². The van der Waals surface area contributed by atoms with Crippen LogP contribution in [-0.2, 0) is 6.42 Å². The van der Waals surface area contributed by atoms with Gasteiger partial charge in [-0.1, -0.05) is 51.5 Å². The molecule has 71 valence electrons. The van der Waals surface area contributed by atoms with E-state index in [0.717, 1.165) is 0 Å². The first-order valence-electron chi connectivity index (χ1n) is 5.16. The quantitative estimate of drug-likeness (QED) is 0.652. The fourth-order valence-electron chi connectivity index (χ4n) is 1.53. The first-order chi connectivity index (χ1) is 6.22. The second kappa shape index (κ2) is 5.06. The van der Waals surface area contributed by atoms with Gasteiger partial charge in [-0.2, -0.15) is 0 Å². The van der Waals surface area contributed by atoms with Gasteiger partial charge in [-0.05, 0) is 29.9 Å². The zero-order valence-electron chi connectivity index (χ0n) is 8.88. The van der Waals surface area contributed by atoms with Crippen molar-refractivity contribution >= 4 is 0 Å². The summed E-state index contributed by atoms with van der Waals surface area (Å²) in [7, 11) is 0. The maximum Gasteiger partial charge on any atom is -0.00675 e. The zero-order chi connectivity index (χ0) is 9.68. The summed E-state index contributed by atoms with van der Waals surface area (Å²) in [6.45, 7) is 6.65. The van der Waals surface area contributed by atoms with Gasteiger partial charge in [0.05, 0.1) is 0 Å². The van der Waals surface area contributed by atoms with Crippen molar-refractivity contribution in [2.45, 2.75) is 33.6 Å². The summed E-state index contributed by atoms with van der Waals surface area (Å²) in [5, 5.41) is 0. The summed E-state index contributed by atoms with van der Waals surface area (Å²) in [5.41, 5.74) is 2.82. The molecule has 1 aromatic rings. The fraction of sp³-hybridized carbons (Fsp3) is 0.462. The number of hydrogen-bond donors (Lipinski definition) is 0. The van der Waals surface area contributed by atoms with Crippen LogP contribution < -0.4 is 0 Å². The van der Waals surface area contributed by atoms with Crippen molar-refractivity contribution in [2.75, 3.05) is 0 Å². The van der Waals surface area contributed by atoms with Gasteiger partial charge in [0.1, 0.15) is 0 Å². The van der Waals surface area contributed by atoms with Crippen molar-refractivity contribution in [1.29, 1.82) is 0 Å². The van der Waals surface area contributed by atoms with Crippen LogP contribution in [0.1, 0.15) is 38.3 Å². The van der Waals surface area contributed by atoms with E-state index >= 15 is 0 Å². The monoisotopic (exact) mass is 175 g/mol. The molecule has 0 unspecified atom stereocenters. The SMILES string of the molecule is CCCc1cccc([CH]C(C)C)c1. The normalized spacial score (nSPS) is 10.8. The molecule has 0 atom stereocenters. The van der Waals surface area contributed by atoms with Crippen LogP contribution in [0.5, 0.6) is 0 Å². The van der Waals surface area contributed by atoms with E-state index in [0.29, 0.717) is 5.92 Å². The maximum absolute atomic E-state index is 2.30. The number of aryl methyl sites for hydroxylation is 1. The van der Waals surface area contributed by atoms with Gasteiger partial charge >= 0.3 is 0 Å². The molecule has 0 N–H and O–H groups in total. The minimum absolute atomic E-state index is 0.636. The molecule has 0 saturated heterocycles. The third kappa shape index (κ3) is 3.63. The molecule has 1 radical (unpaired) electrons. The van der Waals surface area contributed by atoms with E-state index in [1.807, 2.05) is 0 Å². The van der Waals surface area contributed by atoms with Crippen LogP contribution in [0.2, 0.25) is 0 Å². The number of rotatable bonds is 4. The van der Waals surface area contributed by atoms with Crippen molar-refractivity contribution in [3.63, 3.8) is 0 Å². The van der Waals surface area contributed by atoms with Gasteiger partial charge in [0.25, 0.3) is 0 Å². The van der Waals surface area contributed by atoms with Crippen LogP contribution in [0, 0.1) is 12.3 Å². The Balaban J connectivity index is 2.67. The third-order valence-corrected chi connectivity index (χ3v) is 2.02. The Labute approximate surface area is 82.0 Å². The molecule has 0 amide bonds. The van der Waals surface area contributed by atoms with Crippen LogP contribution in [0.25, 0.3) is 0 Å². The van der Waals surface area contributed by atoms with Crippen molar-refractivity contribution in [2.24, 2.45) is 5.92 Å². The largest absolute Gasteiger partial charge is 0.0651 e. The van der Waals surface area contributed by atoms with E-state index in [9.17, 15) is 0 Å². The Hall–Kier alpha value is -0.780. The molecular formula is C13H19. The minimum atomic E-state index is 0.636. The molecule has 0 bridgehead atoms. The van der Waals surface area contributed by atoms with E-state index in [1.165, 1.54) is 24.0 Å². The molecule has 0 saturated carbocycles. The summed E-state index contributed by atoms with van der Waals surface area (Å²) in [5.74, 6) is 0.636. The molecule has 0 nitrogen and oxygen atoms in total. The summed E-state index contributed by atoms with van der Waals surface area (Å²) in [6.07, 6.45) is 4.73. The lowest BCUT2D eigenvalue weighted by Crippen LogP contribution is -1.92. The average Bonchev–Trinajstić information content (AvgIpc) is 2.04. The highest BCUT2D eigenvalue weighted by Gasteiger charge is 1.98. The first-order valence-corrected chi connectivity index (χ1v) is 5.16. The van der Waals surface area contributed by atoms with Gasteiger partial charge in [0.2, 0.25) is 0 Å². The molecule has 0 aromatic heterocycles. The summed E-state index contributed by atoms with van der Waals surface area (Å²) in [6, 6.07) is 8.84. The Bertz CT molecular complexity index is 248. The average molecular weight is 175 g/mol. The first kappa shape index (κ1) is 10.3. The molecule has 0 heterocycles. The van der Waals surface area contributed by atoms with Crippen LogP contribution in [0.3, 0.4) is 0 Å². The highest BCUT2D eigenvalue weighted by molar-refractivity contribution is 5.29. The maximum atomic E-state index is 2.30. The minimum Gasteiger partial charge on any atom is -0.0651 e. The molecule has 0 aliphatic heterocycles. The standard InChI is InChI=1S/C13H19/c1-4-6-12-7-5-8-13(10-12)9-11(2)3/h5,7-11H,4,6H2,1-3H3. The molecule has 0 heteroatoms. The van der Waals surface area contributed by atoms with Crippen molar-refractivity contribution < 1.29 is 0 Å². The van der Waals surface area contributed by atoms with Gasteiger partial charge in [-0.15, -0.1) is 0 Å². The topological polar surface area (TPSA) is 0 Å². The van der Waals surface area contributed by atoms with Crippen LogP contribution in [0.15, 0.2) is 24.3 Å². The lowest BCUT2D eigenvalue weighted by Gasteiger charge is -2.06. The van der Waals surface area contributed by atoms with Gasteiger partial charge in [0, 0.05) is 0 Å². The predicted molar refractivity (Wildman–Crippen MR) is 58.7 cm³/mol. The van der Waals surface area contributed by atoms with Crippen LogP contribution in [-0.4, -0.2) is 0 Å². The summed E-state index contributed by atoms with van der Waals surface area (Å²) in [4.78, 5) is 0. The molecule has 0 fully saturated rings. The highest BCUT2D eigenvalue weighted by atomic mass is 14.0. The van der Waals surface area contributed by atoms with Gasteiger partial charge in [0.15, 0.2) is 0 Å². The highest BCUT2D eigenvalue weighted by Crippen LogP contribution is 2.13. The zero-order valence-corrected chi connectivity index (χ0v) is 8.88. The molecule has 1 rings (SSSR count). The molecule has 0 spiro atoms. The second-order valence-corrected chi connectivity index (χ2v) is 3.91. The lowest BCUT2D eigenvalue weighted by atomic mass is 10.00. The van der Waals surface area contributed by atoms with Gasteiger partial charge < -0.3 is 0 Å². The number of benzene rings is 1. The summed E-state index contributed by atoms with van der Waals surface area (Å²) >= 11 is 0. The Morgan fingerprint density at radius 3 is 2.69 bits per heavy atom. The molecule has 13 heavy (non-hydrogen) atoms. The smallest absolute Gasteiger partial charge is 0.00675 e. The number of hydrogen-bond acceptors (Lipinski definition) is 0. The predicted octanol–water partition coefficient (Wildman–Crippen LogP) is 3.85. The molecular weight excluding hydrogens is 156 g/mol. The molecule has 0 aliphatic carbocycles. The molecule has 1 aromatic carbocycles. The van der Waals surface area contributed by atoms with Crippen LogP contribution >= 0.6 is 0 Å². The van der Waals surface area contributed by atoms with E-state index in [4.69, 9.17) is 0 Å². The second-order valence-electron chi connectivity index (χ2n) is 3.91.